The van der Waals surface area contributed by atoms with Gasteiger partial charge in [0.15, 0.2) is 0 Å². The summed E-state index contributed by atoms with van der Waals surface area (Å²) in [7, 11) is 0. The maximum Gasteiger partial charge on any atom is 0.142 e. The third-order valence-corrected chi connectivity index (χ3v) is 4.11. The van der Waals surface area contributed by atoms with Gasteiger partial charge in [-0.05, 0) is 44.5 Å². The molecule has 3 nitrogen and oxygen atoms in total. The van der Waals surface area contributed by atoms with Crippen LogP contribution in [0.4, 0.5) is 0 Å². The number of aliphatic hydroxyl groups excluding tert-OH is 1. The quantitative estimate of drug-likeness (QED) is 0.849. The Kier molecular flexibility index (Phi) is 3.22. The summed E-state index contributed by atoms with van der Waals surface area (Å²) in [5.41, 5.74) is 2.15. The summed E-state index contributed by atoms with van der Waals surface area (Å²) in [4.78, 5) is 2.35. The van der Waals surface area contributed by atoms with E-state index in [9.17, 15) is 5.11 Å². The third kappa shape index (κ3) is 2.00. The molecule has 0 radical (unpaired) electrons. The lowest BCUT2D eigenvalue weighted by atomic mass is 9.95. The SMILES string of the molecule is Cc1cc(Cl)c2c(c1)C(N1CCCC1)C(O)CO2. The first-order valence-corrected chi connectivity index (χ1v) is 6.89. The number of benzene rings is 1. The van der Waals surface area contributed by atoms with Crippen molar-refractivity contribution in [3.63, 3.8) is 0 Å². The second-order valence-electron chi connectivity index (χ2n) is 5.23. The first-order chi connectivity index (χ1) is 8.66. The molecule has 2 atom stereocenters. The molecule has 2 aliphatic rings. The number of likely N-dealkylation sites (tertiary alicyclic amines) is 1. The zero-order chi connectivity index (χ0) is 12.7. The van der Waals surface area contributed by atoms with Crippen LogP contribution in [0, 0.1) is 6.92 Å². The van der Waals surface area contributed by atoms with Crippen LogP contribution < -0.4 is 4.74 Å². The average Bonchev–Trinajstić information content (AvgIpc) is 2.81. The molecule has 2 unspecified atom stereocenters. The molecule has 0 spiro atoms. The van der Waals surface area contributed by atoms with Crippen LogP contribution in [0.25, 0.3) is 0 Å². The summed E-state index contributed by atoms with van der Waals surface area (Å²) < 4.78 is 5.60. The average molecular weight is 268 g/mol. The number of halogens is 1. The van der Waals surface area contributed by atoms with Gasteiger partial charge in [0, 0.05) is 5.56 Å². The molecule has 0 aliphatic carbocycles. The molecule has 1 N–H and O–H groups in total. The van der Waals surface area contributed by atoms with Gasteiger partial charge in [0.25, 0.3) is 0 Å². The molecule has 0 saturated carbocycles. The van der Waals surface area contributed by atoms with Crippen LogP contribution in [-0.2, 0) is 0 Å². The van der Waals surface area contributed by atoms with Crippen LogP contribution in [0.15, 0.2) is 12.1 Å². The fraction of sp³-hybridized carbons (Fsp3) is 0.571. The fourth-order valence-electron chi connectivity index (χ4n) is 3.05. The Hall–Kier alpha value is -0.770. The van der Waals surface area contributed by atoms with E-state index < -0.39 is 6.10 Å². The first-order valence-electron chi connectivity index (χ1n) is 6.52. The Balaban J connectivity index is 2.04. The molecule has 0 bridgehead atoms. The van der Waals surface area contributed by atoms with E-state index in [0.29, 0.717) is 11.6 Å². The van der Waals surface area contributed by atoms with Gasteiger partial charge in [0.1, 0.15) is 18.5 Å². The zero-order valence-corrected chi connectivity index (χ0v) is 11.3. The summed E-state index contributed by atoms with van der Waals surface area (Å²) >= 11 is 6.24. The van der Waals surface area contributed by atoms with Gasteiger partial charge in [0.05, 0.1) is 11.1 Å². The molecule has 3 rings (SSSR count). The van der Waals surface area contributed by atoms with Gasteiger partial charge in [-0.25, -0.2) is 0 Å². The summed E-state index contributed by atoms with van der Waals surface area (Å²) in [6.45, 7) is 4.45. The van der Waals surface area contributed by atoms with Gasteiger partial charge >= 0.3 is 0 Å². The first kappa shape index (κ1) is 12.3. The van der Waals surface area contributed by atoms with Gasteiger partial charge in [-0.2, -0.15) is 0 Å². The van der Waals surface area contributed by atoms with Gasteiger partial charge in [0.2, 0.25) is 0 Å². The standard InChI is InChI=1S/C14H18ClNO2/c1-9-6-10-13(16-4-2-3-5-16)12(17)8-18-14(10)11(15)7-9/h6-7,12-13,17H,2-5,8H2,1H3. The van der Waals surface area contributed by atoms with E-state index >= 15 is 0 Å². The largest absolute Gasteiger partial charge is 0.489 e. The van der Waals surface area contributed by atoms with Crippen molar-refractivity contribution in [1.29, 1.82) is 0 Å². The van der Waals surface area contributed by atoms with Gasteiger partial charge in [-0.1, -0.05) is 17.7 Å². The predicted molar refractivity (Wildman–Crippen MR) is 71.2 cm³/mol. The number of nitrogens with zero attached hydrogens (tertiary/aromatic N) is 1. The molecule has 2 heterocycles. The monoisotopic (exact) mass is 267 g/mol. The van der Waals surface area contributed by atoms with Crippen LogP contribution >= 0.6 is 11.6 Å². The maximum absolute atomic E-state index is 10.2. The number of aryl methyl sites for hydroxylation is 1. The molecule has 2 aliphatic heterocycles. The fourth-order valence-corrected chi connectivity index (χ4v) is 3.39. The number of rotatable bonds is 1. The van der Waals surface area contributed by atoms with Crippen molar-refractivity contribution in [2.75, 3.05) is 19.7 Å². The lowest BCUT2D eigenvalue weighted by Crippen LogP contribution is -2.41. The summed E-state index contributed by atoms with van der Waals surface area (Å²) in [5.74, 6) is 0.754. The Labute approximate surface area is 112 Å². The van der Waals surface area contributed by atoms with Crippen molar-refractivity contribution in [3.8, 4) is 5.75 Å². The number of fused-ring (bicyclic) bond motifs is 1. The van der Waals surface area contributed by atoms with E-state index in [2.05, 4.69) is 11.0 Å². The molecule has 1 aromatic carbocycles. The lowest BCUT2D eigenvalue weighted by Gasteiger charge is -2.37. The van der Waals surface area contributed by atoms with Gasteiger partial charge < -0.3 is 9.84 Å². The highest BCUT2D eigenvalue weighted by molar-refractivity contribution is 6.32. The van der Waals surface area contributed by atoms with E-state index in [1.807, 2.05) is 13.0 Å². The Bertz CT molecular complexity index is 457. The van der Waals surface area contributed by atoms with Crippen molar-refractivity contribution in [2.45, 2.75) is 31.9 Å². The van der Waals surface area contributed by atoms with E-state index in [-0.39, 0.29) is 6.04 Å². The number of aliphatic hydroxyl groups is 1. The maximum atomic E-state index is 10.2. The minimum atomic E-state index is -0.464. The van der Waals surface area contributed by atoms with Crippen molar-refractivity contribution < 1.29 is 9.84 Å². The van der Waals surface area contributed by atoms with E-state index in [1.165, 1.54) is 12.8 Å². The van der Waals surface area contributed by atoms with Crippen molar-refractivity contribution in [1.82, 2.24) is 4.90 Å². The van der Waals surface area contributed by atoms with Crippen molar-refractivity contribution >= 4 is 11.6 Å². The van der Waals surface area contributed by atoms with Gasteiger partial charge in [-0.3, -0.25) is 4.90 Å². The Morgan fingerprint density at radius 2 is 2.06 bits per heavy atom. The molecule has 18 heavy (non-hydrogen) atoms. The molecule has 0 aromatic heterocycles. The molecule has 1 fully saturated rings. The van der Waals surface area contributed by atoms with Crippen molar-refractivity contribution in [3.05, 3.63) is 28.3 Å². The zero-order valence-electron chi connectivity index (χ0n) is 10.5. The van der Waals surface area contributed by atoms with Crippen LogP contribution in [0.3, 0.4) is 0 Å². The van der Waals surface area contributed by atoms with Crippen LogP contribution in [-0.4, -0.2) is 35.8 Å². The molecular weight excluding hydrogens is 250 g/mol. The summed E-state index contributed by atoms with van der Waals surface area (Å²) in [5, 5.41) is 10.9. The minimum Gasteiger partial charge on any atom is -0.489 e. The number of ether oxygens (including phenoxy) is 1. The van der Waals surface area contributed by atoms with E-state index in [0.717, 1.165) is 30.0 Å². The Morgan fingerprint density at radius 1 is 1.33 bits per heavy atom. The second kappa shape index (κ2) is 4.72. The van der Waals surface area contributed by atoms with Crippen molar-refractivity contribution in [2.24, 2.45) is 0 Å². The van der Waals surface area contributed by atoms with Crippen LogP contribution in [0.5, 0.6) is 5.75 Å². The molecule has 98 valence electrons. The smallest absolute Gasteiger partial charge is 0.142 e. The van der Waals surface area contributed by atoms with E-state index in [4.69, 9.17) is 16.3 Å². The van der Waals surface area contributed by atoms with Gasteiger partial charge in [-0.15, -0.1) is 0 Å². The number of hydrogen-bond acceptors (Lipinski definition) is 3. The predicted octanol–water partition coefficient (Wildman–Crippen LogP) is 2.54. The van der Waals surface area contributed by atoms with E-state index in [1.54, 1.807) is 0 Å². The molecule has 1 saturated heterocycles. The summed E-state index contributed by atoms with van der Waals surface area (Å²) in [6.07, 6.45) is 1.95. The number of hydrogen-bond donors (Lipinski definition) is 1. The van der Waals surface area contributed by atoms with Crippen LogP contribution in [0.2, 0.25) is 5.02 Å². The highest BCUT2D eigenvalue weighted by Gasteiger charge is 2.36. The minimum absolute atomic E-state index is 0.0358. The molecular formula is C14H18ClNO2. The molecule has 4 heteroatoms. The molecule has 0 amide bonds. The second-order valence-corrected chi connectivity index (χ2v) is 5.64. The highest BCUT2D eigenvalue weighted by Crippen LogP contribution is 2.42. The summed E-state index contributed by atoms with van der Waals surface area (Å²) in [6, 6.07) is 4.04. The topological polar surface area (TPSA) is 32.7 Å². The molecule has 1 aromatic rings. The van der Waals surface area contributed by atoms with Crippen LogP contribution in [0.1, 0.15) is 30.0 Å². The highest BCUT2D eigenvalue weighted by atomic mass is 35.5. The lowest BCUT2D eigenvalue weighted by molar-refractivity contribution is 0.00879. The third-order valence-electron chi connectivity index (χ3n) is 3.83. The Morgan fingerprint density at radius 3 is 2.78 bits per heavy atom. The normalized spacial score (nSPS) is 27.9.